The van der Waals surface area contributed by atoms with Crippen molar-refractivity contribution >= 4 is 25.2 Å². The lowest BCUT2D eigenvalue weighted by Gasteiger charge is -2.38. The largest absolute Gasteiger partial charge is 0.491 e. The zero-order valence-corrected chi connectivity index (χ0v) is 22.7. The molecule has 2 aromatic rings. The van der Waals surface area contributed by atoms with E-state index in [9.17, 15) is 20.3 Å². The molecule has 0 radical (unpaired) electrons. The van der Waals surface area contributed by atoms with Crippen LogP contribution in [0.15, 0.2) is 36.4 Å². The van der Waals surface area contributed by atoms with Crippen molar-refractivity contribution in [3.63, 3.8) is 0 Å². The molecule has 0 saturated carbocycles. The van der Waals surface area contributed by atoms with Gasteiger partial charge in [-0.2, -0.15) is 0 Å². The van der Waals surface area contributed by atoms with Crippen molar-refractivity contribution < 1.29 is 29.6 Å². The third-order valence-electron chi connectivity index (χ3n) is 8.05. The molecule has 0 unspecified atom stereocenters. The van der Waals surface area contributed by atoms with Crippen LogP contribution in [0.4, 0.5) is 0 Å². The van der Waals surface area contributed by atoms with Crippen LogP contribution in [0, 0.1) is 0 Å². The molecule has 0 saturated heterocycles. The number of benzene rings is 2. The highest BCUT2D eigenvalue weighted by molar-refractivity contribution is 6.60. The SMILES string of the molecule is CC1(C)c2cc(B(O)OC(C)(C)C(C)(C)O)ccc2-c2ccc(B(O)OC(C)(C)C(C)(C)O)cc21. The maximum Gasteiger partial charge on any atom is 0.491 e. The van der Waals surface area contributed by atoms with Gasteiger partial charge in [0.1, 0.15) is 0 Å². The Morgan fingerprint density at radius 1 is 0.629 bits per heavy atom. The van der Waals surface area contributed by atoms with Crippen LogP contribution in [0.5, 0.6) is 0 Å². The summed E-state index contributed by atoms with van der Waals surface area (Å²) in [5, 5.41) is 42.5. The van der Waals surface area contributed by atoms with Gasteiger partial charge < -0.3 is 29.6 Å². The van der Waals surface area contributed by atoms with Gasteiger partial charge in [0, 0.05) is 5.41 Å². The van der Waals surface area contributed by atoms with Crippen molar-refractivity contribution in [1.29, 1.82) is 0 Å². The Labute approximate surface area is 210 Å². The summed E-state index contributed by atoms with van der Waals surface area (Å²) in [6.07, 6.45) is 0. The molecule has 190 valence electrons. The zero-order chi connectivity index (χ0) is 26.8. The molecule has 0 heterocycles. The Kier molecular flexibility index (Phi) is 6.95. The first-order valence-electron chi connectivity index (χ1n) is 12.1. The van der Waals surface area contributed by atoms with Crippen LogP contribution in [-0.4, -0.2) is 56.9 Å². The molecule has 1 aliphatic carbocycles. The molecular weight excluding hydrogens is 442 g/mol. The molecule has 2 aromatic carbocycles. The third-order valence-corrected chi connectivity index (χ3v) is 8.05. The highest BCUT2D eigenvalue weighted by Gasteiger charge is 2.43. The van der Waals surface area contributed by atoms with E-state index in [-0.39, 0.29) is 0 Å². The van der Waals surface area contributed by atoms with Crippen molar-refractivity contribution in [1.82, 2.24) is 0 Å². The van der Waals surface area contributed by atoms with Crippen LogP contribution >= 0.6 is 0 Å². The van der Waals surface area contributed by atoms with E-state index in [1.54, 1.807) is 55.4 Å². The molecule has 0 fully saturated rings. The van der Waals surface area contributed by atoms with Crippen molar-refractivity contribution in [2.75, 3.05) is 0 Å². The van der Waals surface area contributed by atoms with E-state index in [1.807, 2.05) is 36.4 Å². The lowest BCUT2D eigenvalue weighted by atomic mass is 9.72. The lowest BCUT2D eigenvalue weighted by Crippen LogP contribution is -2.53. The van der Waals surface area contributed by atoms with Crippen LogP contribution in [0.2, 0.25) is 0 Å². The van der Waals surface area contributed by atoms with Crippen molar-refractivity contribution in [2.24, 2.45) is 0 Å². The fraction of sp³-hybridized carbons (Fsp3) is 0.556. The van der Waals surface area contributed by atoms with Crippen molar-refractivity contribution in [3.05, 3.63) is 47.5 Å². The highest BCUT2D eigenvalue weighted by atomic mass is 16.6. The fourth-order valence-corrected chi connectivity index (χ4v) is 4.06. The van der Waals surface area contributed by atoms with E-state index in [1.165, 1.54) is 0 Å². The molecule has 0 spiro atoms. The van der Waals surface area contributed by atoms with Gasteiger partial charge in [-0.15, -0.1) is 0 Å². The predicted octanol–water partition coefficient (Wildman–Crippen LogP) is 2.50. The summed E-state index contributed by atoms with van der Waals surface area (Å²) >= 11 is 0. The van der Waals surface area contributed by atoms with Crippen molar-refractivity contribution in [2.45, 2.75) is 97.1 Å². The zero-order valence-electron chi connectivity index (χ0n) is 22.7. The molecule has 4 N–H and O–H groups in total. The summed E-state index contributed by atoms with van der Waals surface area (Å²) < 4.78 is 11.7. The summed E-state index contributed by atoms with van der Waals surface area (Å²) in [5.74, 6) is 0. The molecule has 1 aliphatic rings. The average Bonchev–Trinajstić information content (AvgIpc) is 2.92. The van der Waals surface area contributed by atoms with E-state index in [0.717, 1.165) is 22.3 Å². The first-order valence-corrected chi connectivity index (χ1v) is 12.1. The minimum absolute atomic E-state index is 0.395. The summed E-state index contributed by atoms with van der Waals surface area (Å²) in [6, 6.07) is 11.5. The van der Waals surface area contributed by atoms with Gasteiger partial charge in [0.2, 0.25) is 0 Å². The molecule has 3 rings (SSSR count). The second kappa shape index (κ2) is 8.72. The molecule has 8 heteroatoms. The summed E-state index contributed by atoms with van der Waals surface area (Å²) in [5.41, 5.74) is 0.804. The number of fused-ring (bicyclic) bond motifs is 3. The second-order valence-electron chi connectivity index (χ2n) is 12.3. The smallest absolute Gasteiger partial charge is 0.423 e. The maximum atomic E-state index is 10.8. The van der Waals surface area contributed by atoms with E-state index in [2.05, 4.69) is 13.8 Å². The molecule has 0 aromatic heterocycles. The van der Waals surface area contributed by atoms with Gasteiger partial charge in [-0.1, -0.05) is 50.2 Å². The van der Waals surface area contributed by atoms with Gasteiger partial charge in [0.15, 0.2) is 0 Å². The van der Waals surface area contributed by atoms with E-state index in [0.29, 0.717) is 10.9 Å². The molecule has 0 aliphatic heterocycles. The van der Waals surface area contributed by atoms with E-state index in [4.69, 9.17) is 9.31 Å². The minimum atomic E-state index is -1.20. The Balaban J connectivity index is 1.93. The lowest BCUT2D eigenvalue weighted by molar-refractivity contribution is -0.0982. The Morgan fingerprint density at radius 2 is 0.943 bits per heavy atom. The van der Waals surface area contributed by atoms with Gasteiger partial charge in [0.25, 0.3) is 0 Å². The summed E-state index contributed by atoms with van der Waals surface area (Å²) in [4.78, 5) is 0. The van der Waals surface area contributed by atoms with Gasteiger partial charge in [-0.25, -0.2) is 0 Å². The predicted molar refractivity (Wildman–Crippen MR) is 142 cm³/mol. The van der Waals surface area contributed by atoms with Crippen LogP contribution in [0.3, 0.4) is 0 Å². The normalized spacial score (nSPS) is 15.6. The Morgan fingerprint density at radius 3 is 1.23 bits per heavy atom. The monoisotopic (exact) mass is 482 g/mol. The van der Waals surface area contributed by atoms with Gasteiger partial charge in [-0.05, 0) is 88.6 Å². The standard InChI is InChI=1S/C27H40B2O6/c1-23(2)21-15-17(28(32)34-26(7,8)24(3,4)30)11-13-19(21)20-14-12-18(16-22(20)23)29(33)35-27(9,10)25(5,6)31/h11-16,30-33H,1-10H3. The van der Waals surface area contributed by atoms with Crippen LogP contribution in [0.1, 0.15) is 80.4 Å². The molecule has 0 bridgehead atoms. The quantitative estimate of drug-likeness (QED) is 0.432. The average molecular weight is 482 g/mol. The van der Waals surface area contributed by atoms with E-state index >= 15 is 0 Å². The fourth-order valence-electron chi connectivity index (χ4n) is 4.06. The third kappa shape index (κ3) is 5.10. The Bertz CT molecular complexity index is 1010. The number of hydrogen-bond donors (Lipinski definition) is 4. The molecule has 0 atom stereocenters. The number of hydrogen-bond acceptors (Lipinski definition) is 6. The highest BCUT2D eigenvalue weighted by Crippen LogP contribution is 2.47. The topological polar surface area (TPSA) is 99.4 Å². The summed E-state index contributed by atoms with van der Waals surface area (Å²) in [6.45, 7) is 17.8. The molecule has 35 heavy (non-hydrogen) atoms. The van der Waals surface area contributed by atoms with Gasteiger partial charge in [-0.3, -0.25) is 0 Å². The number of aliphatic hydroxyl groups is 2. The first-order chi connectivity index (χ1) is 15.7. The Hall–Kier alpha value is -1.67. The minimum Gasteiger partial charge on any atom is -0.423 e. The number of rotatable bonds is 8. The molecule has 6 nitrogen and oxygen atoms in total. The maximum absolute atomic E-state index is 10.8. The van der Waals surface area contributed by atoms with Gasteiger partial charge in [0.05, 0.1) is 22.4 Å². The van der Waals surface area contributed by atoms with Crippen LogP contribution in [-0.2, 0) is 14.7 Å². The molecular formula is C27H40B2O6. The molecule has 0 amide bonds. The van der Waals surface area contributed by atoms with Crippen LogP contribution < -0.4 is 10.9 Å². The first kappa shape index (κ1) is 27.9. The van der Waals surface area contributed by atoms with Gasteiger partial charge >= 0.3 is 14.2 Å². The second-order valence-corrected chi connectivity index (χ2v) is 12.3. The van der Waals surface area contributed by atoms with Crippen molar-refractivity contribution in [3.8, 4) is 11.1 Å². The summed E-state index contributed by atoms with van der Waals surface area (Å²) in [7, 11) is -2.40. The van der Waals surface area contributed by atoms with E-state index < -0.39 is 42.1 Å². The van der Waals surface area contributed by atoms with Crippen LogP contribution in [0.25, 0.3) is 11.1 Å².